The average molecular weight is 388 g/mol. The molecular formula is C22H20N4O3. The van der Waals surface area contributed by atoms with Crippen LogP contribution in [-0.4, -0.2) is 27.6 Å². The van der Waals surface area contributed by atoms with E-state index in [1.54, 1.807) is 18.2 Å². The molecule has 7 nitrogen and oxygen atoms in total. The summed E-state index contributed by atoms with van der Waals surface area (Å²) in [6, 6.07) is 15.2. The molecule has 0 radical (unpaired) electrons. The highest BCUT2D eigenvalue weighted by molar-refractivity contribution is 6.07. The summed E-state index contributed by atoms with van der Waals surface area (Å²) in [4.78, 5) is 21.5. The van der Waals surface area contributed by atoms with Gasteiger partial charge < -0.3 is 14.6 Å². The van der Waals surface area contributed by atoms with Crippen molar-refractivity contribution in [2.75, 3.05) is 11.9 Å². The number of hydrogen-bond donors (Lipinski definition) is 1. The SMILES string of the molecule is CCOc1nc(C)c(NC(=O)c2ccc3noc(-c4ccccc4)c3c2)c(C)n1. The monoisotopic (exact) mass is 388 g/mol. The minimum Gasteiger partial charge on any atom is -0.464 e. The number of carbonyl (C=O) groups excluding carboxylic acids is 1. The number of aryl methyl sites for hydroxylation is 2. The molecule has 0 aliphatic rings. The maximum absolute atomic E-state index is 12.9. The molecule has 0 saturated carbocycles. The fourth-order valence-corrected chi connectivity index (χ4v) is 3.13. The third kappa shape index (κ3) is 3.67. The van der Waals surface area contributed by atoms with Crippen LogP contribution in [0.15, 0.2) is 53.1 Å². The van der Waals surface area contributed by atoms with Crippen LogP contribution in [0.4, 0.5) is 5.69 Å². The zero-order valence-electron chi connectivity index (χ0n) is 16.4. The molecule has 0 spiro atoms. The van der Waals surface area contributed by atoms with Gasteiger partial charge in [0.1, 0.15) is 5.52 Å². The first-order chi connectivity index (χ1) is 14.1. The third-order valence-corrected chi connectivity index (χ3v) is 4.54. The minimum atomic E-state index is -0.258. The lowest BCUT2D eigenvalue weighted by molar-refractivity contribution is 0.102. The molecule has 0 unspecified atom stereocenters. The molecule has 2 aromatic carbocycles. The number of carbonyl (C=O) groups is 1. The summed E-state index contributed by atoms with van der Waals surface area (Å²) in [6.45, 7) is 5.97. The highest BCUT2D eigenvalue weighted by Crippen LogP contribution is 2.29. The van der Waals surface area contributed by atoms with Gasteiger partial charge in [-0.2, -0.15) is 9.97 Å². The van der Waals surface area contributed by atoms with Gasteiger partial charge in [-0.15, -0.1) is 0 Å². The normalized spacial score (nSPS) is 10.9. The van der Waals surface area contributed by atoms with E-state index in [0.29, 0.717) is 46.5 Å². The second kappa shape index (κ2) is 7.71. The number of fused-ring (bicyclic) bond motifs is 1. The van der Waals surface area contributed by atoms with E-state index in [-0.39, 0.29) is 5.91 Å². The van der Waals surface area contributed by atoms with Crippen molar-refractivity contribution in [2.45, 2.75) is 20.8 Å². The molecule has 0 fully saturated rings. The van der Waals surface area contributed by atoms with Gasteiger partial charge in [0.25, 0.3) is 5.91 Å². The molecule has 0 aliphatic heterocycles. The Hall–Kier alpha value is -3.74. The molecule has 2 heterocycles. The molecule has 0 bridgehead atoms. The second-order valence-electron chi connectivity index (χ2n) is 6.55. The molecule has 146 valence electrons. The summed E-state index contributed by atoms with van der Waals surface area (Å²) in [5.41, 5.74) is 3.95. The second-order valence-corrected chi connectivity index (χ2v) is 6.55. The van der Waals surface area contributed by atoms with E-state index in [1.807, 2.05) is 51.1 Å². The van der Waals surface area contributed by atoms with E-state index < -0.39 is 0 Å². The Labute approximate surface area is 167 Å². The maximum Gasteiger partial charge on any atom is 0.316 e. The topological polar surface area (TPSA) is 90.1 Å². The fourth-order valence-electron chi connectivity index (χ4n) is 3.13. The third-order valence-electron chi connectivity index (χ3n) is 4.54. The van der Waals surface area contributed by atoms with E-state index in [0.717, 1.165) is 10.9 Å². The highest BCUT2D eigenvalue weighted by atomic mass is 16.5. The molecule has 1 N–H and O–H groups in total. The maximum atomic E-state index is 12.9. The van der Waals surface area contributed by atoms with Crippen LogP contribution in [-0.2, 0) is 0 Å². The first kappa shape index (κ1) is 18.6. The van der Waals surface area contributed by atoms with Crippen LogP contribution in [0.1, 0.15) is 28.7 Å². The van der Waals surface area contributed by atoms with Gasteiger partial charge in [0.15, 0.2) is 5.76 Å². The average Bonchev–Trinajstić information content (AvgIpc) is 3.15. The lowest BCUT2D eigenvalue weighted by Crippen LogP contribution is -2.15. The quantitative estimate of drug-likeness (QED) is 0.539. The molecule has 0 saturated heterocycles. The van der Waals surface area contributed by atoms with Crippen molar-refractivity contribution >= 4 is 22.5 Å². The smallest absolute Gasteiger partial charge is 0.316 e. The molecular weight excluding hydrogens is 368 g/mol. The largest absolute Gasteiger partial charge is 0.464 e. The Morgan fingerprint density at radius 1 is 1.07 bits per heavy atom. The zero-order chi connectivity index (χ0) is 20.4. The molecule has 2 aromatic heterocycles. The lowest BCUT2D eigenvalue weighted by atomic mass is 10.1. The van der Waals surface area contributed by atoms with Crippen LogP contribution in [0.5, 0.6) is 6.01 Å². The number of nitrogens with zero attached hydrogens (tertiary/aromatic N) is 3. The minimum absolute atomic E-state index is 0.258. The van der Waals surface area contributed by atoms with Gasteiger partial charge in [0, 0.05) is 11.1 Å². The van der Waals surface area contributed by atoms with E-state index in [4.69, 9.17) is 9.26 Å². The van der Waals surface area contributed by atoms with Gasteiger partial charge in [-0.25, -0.2) is 0 Å². The molecule has 0 aliphatic carbocycles. The summed E-state index contributed by atoms with van der Waals surface area (Å²) in [5.74, 6) is 0.373. The van der Waals surface area contributed by atoms with Crippen molar-refractivity contribution in [2.24, 2.45) is 0 Å². The zero-order valence-corrected chi connectivity index (χ0v) is 16.4. The predicted octanol–water partition coefficient (Wildman–Crippen LogP) is 4.55. The number of benzene rings is 2. The standard InChI is InChI=1S/C22H20N4O3/c1-4-28-22-23-13(2)19(14(3)24-22)25-21(27)16-10-11-18-17(12-16)20(29-26-18)15-8-6-5-7-9-15/h5-12H,4H2,1-3H3,(H,25,27). The Kier molecular flexibility index (Phi) is 4.95. The number of nitrogens with one attached hydrogen (secondary N) is 1. The van der Waals surface area contributed by atoms with E-state index >= 15 is 0 Å². The molecule has 4 aromatic rings. The molecule has 4 rings (SSSR count). The van der Waals surface area contributed by atoms with Crippen LogP contribution < -0.4 is 10.1 Å². The summed E-state index contributed by atoms with van der Waals surface area (Å²) in [5, 5.41) is 7.78. The highest BCUT2D eigenvalue weighted by Gasteiger charge is 2.16. The van der Waals surface area contributed by atoms with Crippen LogP contribution >= 0.6 is 0 Å². The van der Waals surface area contributed by atoms with Gasteiger partial charge in [-0.1, -0.05) is 35.5 Å². The number of anilines is 1. The van der Waals surface area contributed by atoms with E-state index in [2.05, 4.69) is 20.4 Å². The number of amides is 1. The first-order valence-corrected chi connectivity index (χ1v) is 9.31. The van der Waals surface area contributed by atoms with Crippen molar-refractivity contribution in [3.63, 3.8) is 0 Å². The van der Waals surface area contributed by atoms with Crippen molar-refractivity contribution in [1.82, 2.24) is 15.1 Å². The number of ether oxygens (including phenoxy) is 1. The van der Waals surface area contributed by atoms with Gasteiger partial charge in [0.2, 0.25) is 0 Å². The first-order valence-electron chi connectivity index (χ1n) is 9.31. The van der Waals surface area contributed by atoms with Gasteiger partial charge >= 0.3 is 6.01 Å². The summed E-state index contributed by atoms with van der Waals surface area (Å²) in [6.07, 6.45) is 0. The van der Waals surface area contributed by atoms with Gasteiger partial charge in [0.05, 0.1) is 29.1 Å². The summed E-state index contributed by atoms with van der Waals surface area (Å²) in [7, 11) is 0. The Balaban J connectivity index is 1.66. The van der Waals surface area contributed by atoms with Crippen LogP contribution in [0.3, 0.4) is 0 Å². The van der Waals surface area contributed by atoms with Crippen LogP contribution in [0.2, 0.25) is 0 Å². The van der Waals surface area contributed by atoms with Gasteiger partial charge in [-0.05, 0) is 39.0 Å². The Bertz CT molecular complexity index is 1160. The number of hydrogen-bond acceptors (Lipinski definition) is 6. The Morgan fingerprint density at radius 3 is 2.48 bits per heavy atom. The van der Waals surface area contributed by atoms with Crippen molar-refractivity contribution in [3.8, 4) is 17.3 Å². The van der Waals surface area contributed by atoms with Crippen molar-refractivity contribution in [1.29, 1.82) is 0 Å². The molecule has 0 atom stereocenters. The van der Waals surface area contributed by atoms with Gasteiger partial charge in [-0.3, -0.25) is 4.79 Å². The molecule has 1 amide bonds. The fraction of sp³-hybridized carbons (Fsp3) is 0.182. The van der Waals surface area contributed by atoms with E-state index in [1.165, 1.54) is 0 Å². The van der Waals surface area contributed by atoms with E-state index in [9.17, 15) is 4.79 Å². The summed E-state index contributed by atoms with van der Waals surface area (Å²) < 4.78 is 10.9. The van der Waals surface area contributed by atoms with Crippen molar-refractivity contribution < 1.29 is 14.1 Å². The Morgan fingerprint density at radius 2 is 1.79 bits per heavy atom. The van der Waals surface area contributed by atoms with Crippen LogP contribution in [0, 0.1) is 13.8 Å². The molecule has 7 heteroatoms. The van der Waals surface area contributed by atoms with Crippen LogP contribution in [0.25, 0.3) is 22.2 Å². The van der Waals surface area contributed by atoms with Crippen molar-refractivity contribution in [3.05, 3.63) is 65.5 Å². The summed E-state index contributed by atoms with van der Waals surface area (Å²) >= 11 is 0. The molecule has 29 heavy (non-hydrogen) atoms. The number of aromatic nitrogens is 3. The lowest BCUT2D eigenvalue weighted by Gasteiger charge is -2.12. The predicted molar refractivity (Wildman–Crippen MR) is 110 cm³/mol. The number of rotatable bonds is 5.